The molecule has 30 heavy (non-hydrogen) atoms. The number of thioether (sulfide) groups is 1. The number of hydrogen-bond acceptors (Lipinski definition) is 4. The first-order valence-electron chi connectivity index (χ1n) is 9.24. The molecular formula is C21H18F2N4O2S. The summed E-state index contributed by atoms with van der Waals surface area (Å²) in [5, 5.41) is 9.92. The fourth-order valence-electron chi connectivity index (χ4n) is 3.14. The van der Waals surface area contributed by atoms with Gasteiger partial charge in [0.15, 0.2) is 0 Å². The first kappa shape index (κ1) is 20.1. The molecule has 4 rings (SSSR count). The van der Waals surface area contributed by atoms with E-state index in [1.807, 2.05) is 0 Å². The Morgan fingerprint density at radius 2 is 1.83 bits per heavy atom. The summed E-state index contributed by atoms with van der Waals surface area (Å²) >= 11 is 1.65. The lowest BCUT2D eigenvalue weighted by atomic mass is 10.2. The van der Waals surface area contributed by atoms with Crippen LogP contribution >= 0.6 is 11.8 Å². The summed E-state index contributed by atoms with van der Waals surface area (Å²) in [4.78, 5) is 25.0. The fourth-order valence-corrected chi connectivity index (χ4v) is 4.17. The molecule has 0 saturated heterocycles. The maximum atomic E-state index is 14.0. The molecule has 2 amide bonds. The number of aromatic nitrogens is 2. The average molecular weight is 428 g/mol. The molecule has 0 fully saturated rings. The zero-order valence-electron chi connectivity index (χ0n) is 15.8. The molecule has 0 bridgehead atoms. The second-order valence-corrected chi connectivity index (χ2v) is 7.75. The van der Waals surface area contributed by atoms with E-state index >= 15 is 0 Å². The minimum absolute atomic E-state index is 0.0783. The standard InChI is InChI=1S/C21H18F2N4O2S/c22-14-7-5-13(6-8-14)9-24-19(28)10-27-20(16-11-30-12-18(16)26-27)25-21(29)15-3-1-2-4-17(15)23/h1-8H,9-12H2,(H,24,28)(H,25,29). The van der Waals surface area contributed by atoms with Gasteiger partial charge in [-0.15, -0.1) is 0 Å². The molecule has 2 aromatic carbocycles. The fraction of sp³-hybridized carbons (Fsp3) is 0.190. The summed E-state index contributed by atoms with van der Waals surface area (Å²) in [7, 11) is 0. The predicted octanol–water partition coefficient (Wildman–Crippen LogP) is 3.48. The highest BCUT2D eigenvalue weighted by atomic mass is 32.2. The normalized spacial score (nSPS) is 12.5. The molecule has 1 aliphatic heterocycles. The van der Waals surface area contributed by atoms with Gasteiger partial charge in [-0.3, -0.25) is 9.59 Å². The Bertz CT molecular complexity index is 1100. The van der Waals surface area contributed by atoms with E-state index in [2.05, 4.69) is 15.7 Å². The van der Waals surface area contributed by atoms with Crippen molar-refractivity contribution in [2.24, 2.45) is 0 Å². The highest BCUT2D eigenvalue weighted by molar-refractivity contribution is 7.98. The average Bonchev–Trinajstić information content (AvgIpc) is 3.30. The molecule has 0 saturated carbocycles. The Hall–Kier alpha value is -3.20. The van der Waals surface area contributed by atoms with Gasteiger partial charge in [0.05, 0.1) is 11.3 Å². The summed E-state index contributed by atoms with van der Waals surface area (Å²) in [6.07, 6.45) is 0. The molecule has 2 N–H and O–H groups in total. The van der Waals surface area contributed by atoms with E-state index in [1.165, 1.54) is 35.0 Å². The van der Waals surface area contributed by atoms with Crippen LogP contribution in [0.3, 0.4) is 0 Å². The van der Waals surface area contributed by atoms with Gasteiger partial charge < -0.3 is 10.6 Å². The van der Waals surface area contributed by atoms with Gasteiger partial charge in [0, 0.05) is 23.6 Å². The van der Waals surface area contributed by atoms with Crippen molar-refractivity contribution < 1.29 is 18.4 Å². The van der Waals surface area contributed by atoms with E-state index in [0.29, 0.717) is 17.3 Å². The Kier molecular flexibility index (Phi) is 5.80. The second kappa shape index (κ2) is 8.66. The lowest BCUT2D eigenvalue weighted by Gasteiger charge is -2.12. The van der Waals surface area contributed by atoms with E-state index in [4.69, 9.17) is 0 Å². The molecule has 0 unspecified atom stereocenters. The number of nitrogens with zero attached hydrogens (tertiary/aromatic N) is 2. The lowest BCUT2D eigenvalue weighted by Crippen LogP contribution is -2.29. The molecule has 0 aliphatic carbocycles. The van der Waals surface area contributed by atoms with Crippen molar-refractivity contribution in [3.05, 3.63) is 82.5 Å². The predicted molar refractivity (Wildman–Crippen MR) is 110 cm³/mol. The van der Waals surface area contributed by atoms with Crippen LogP contribution in [-0.4, -0.2) is 21.6 Å². The van der Waals surface area contributed by atoms with Gasteiger partial charge in [0.25, 0.3) is 5.91 Å². The number of carbonyl (C=O) groups is 2. The molecule has 154 valence electrons. The van der Waals surface area contributed by atoms with Crippen molar-refractivity contribution in [3.8, 4) is 0 Å². The van der Waals surface area contributed by atoms with Crippen LogP contribution in [0.15, 0.2) is 48.5 Å². The van der Waals surface area contributed by atoms with Crippen LogP contribution in [0, 0.1) is 11.6 Å². The topological polar surface area (TPSA) is 76.0 Å². The number of nitrogens with one attached hydrogen (secondary N) is 2. The summed E-state index contributed by atoms with van der Waals surface area (Å²) in [6.45, 7) is 0.138. The molecule has 0 spiro atoms. The van der Waals surface area contributed by atoms with Gasteiger partial charge in [-0.05, 0) is 29.8 Å². The molecule has 1 aliphatic rings. The number of fused-ring (bicyclic) bond motifs is 1. The largest absolute Gasteiger partial charge is 0.350 e. The van der Waals surface area contributed by atoms with Crippen molar-refractivity contribution in [3.63, 3.8) is 0 Å². The van der Waals surface area contributed by atoms with E-state index in [0.717, 1.165) is 16.8 Å². The van der Waals surface area contributed by atoms with Crippen molar-refractivity contribution in [2.75, 3.05) is 5.32 Å². The quantitative estimate of drug-likeness (QED) is 0.630. The molecule has 0 radical (unpaired) electrons. The minimum Gasteiger partial charge on any atom is -0.350 e. The first-order valence-corrected chi connectivity index (χ1v) is 10.4. The number of amides is 2. The summed E-state index contributed by atoms with van der Waals surface area (Å²) < 4.78 is 28.4. The Morgan fingerprint density at radius 3 is 2.60 bits per heavy atom. The third kappa shape index (κ3) is 4.35. The number of carbonyl (C=O) groups excluding carboxylic acids is 2. The Labute approximate surface area is 175 Å². The van der Waals surface area contributed by atoms with Crippen molar-refractivity contribution in [1.29, 1.82) is 0 Å². The zero-order valence-corrected chi connectivity index (χ0v) is 16.6. The van der Waals surface area contributed by atoms with Crippen LogP contribution in [0.2, 0.25) is 0 Å². The number of anilines is 1. The Morgan fingerprint density at radius 1 is 1.07 bits per heavy atom. The van der Waals surface area contributed by atoms with Crippen LogP contribution in [-0.2, 0) is 29.4 Å². The third-order valence-corrected chi connectivity index (χ3v) is 5.64. The SMILES string of the molecule is O=C(Cn1nc2c(c1NC(=O)c1ccccc1F)CSC2)NCc1ccc(F)cc1. The molecular weight excluding hydrogens is 410 g/mol. The summed E-state index contributed by atoms with van der Waals surface area (Å²) in [5.41, 5.74) is 2.33. The van der Waals surface area contributed by atoms with Crippen LogP contribution in [0.5, 0.6) is 0 Å². The number of benzene rings is 2. The van der Waals surface area contributed by atoms with E-state index in [-0.39, 0.29) is 30.4 Å². The Balaban J connectivity index is 1.48. The van der Waals surface area contributed by atoms with Gasteiger partial charge in [0.1, 0.15) is 24.0 Å². The van der Waals surface area contributed by atoms with Crippen LogP contribution in [0.1, 0.15) is 27.2 Å². The maximum absolute atomic E-state index is 14.0. The number of hydrogen-bond donors (Lipinski definition) is 2. The maximum Gasteiger partial charge on any atom is 0.259 e. The molecule has 9 heteroatoms. The van der Waals surface area contributed by atoms with Crippen LogP contribution in [0.4, 0.5) is 14.6 Å². The van der Waals surface area contributed by atoms with E-state index < -0.39 is 11.7 Å². The minimum atomic E-state index is -0.621. The first-order chi connectivity index (χ1) is 14.5. The number of rotatable bonds is 6. The van der Waals surface area contributed by atoms with Gasteiger partial charge >= 0.3 is 0 Å². The van der Waals surface area contributed by atoms with Gasteiger partial charge in [-0.1, -0.05) is 24.3 Å². The summed E-state index contributed by atoms with van der Waals surface area (Å²) in [6, 6.07) is 11.5. The molecule has 1 aromatic heterocycles. The highest BCUT2D eigenvalue weighted by Crippen LogP contribution is 2.35. The lowest BCUT2D eigenvalue weighted by molar-refractivity contribution is -0.122. The third-order valence-electron chi connectivity index (χ3n) is 4.67. The number of halogens is 2. The van der Waals surface area contributed by atoms with Gasteiger partial charge in [0.2, 0.25) is 5.91 Å². The van der Waals surface area contributed by atoms with E-state index in [1.54, 1.807) is 30.0 Å². The molecule has 6 nitrogen and oxygen atoms in total. The highest BCUT2D eigenvalue weighted by Gasteiger charge is 2.25. The van der Waals surface area contributed by atoms with Crippen molar-refractivity contribution >= 4 is 29.4 Å². The van der Waals surface area contributed by atoms with Gasteiger partial charge in [-0.25, -0.2) is 13.5 Å². The molecule has 3 aromatic rings. The van der Waals surface area contributed by atoms with E-state index in [9.17, 15) is 18.4 Å². The van der Waals surface area contributed by atoms with Crippen LogP contribution in [0.25, 0.3) is 0 Å². The monoisotopic (exact) mass is 428 g/mol. The van der Waals surface area contributed by atoms with Crippen molar-refractivity contribution in [1.82, 2.24) is 15.1 Å². The second-order valence-electron chi connectivity index (χ2n) is 6.76. The molecule has 0 atom stereocenters. The van der Waals surface area contributed by atoms with Crippen molar-refractivity contribution in [2.45, 2.75) is 24.6 Å². The molecule has 2 heterocycles. The smallest absolute Gasteiger partial charge is 0.259 e. The van der Waals surface area contributed by atoms with Crippen LogP contribution < -0.4 is 10.6 Å². The zero-order chi connectivity index (χ0) is 21.1. The summed E-state index contributed by atoms with van der Waals surface area (Å²) in [5.74, 6) is -0.134. The van der Waals surface area contributed by atoms with Gasteiger partial charge in [-0.2, -0.15) is 16.9 Å².